The molecule has 0 atom stereocenters. The lowest BCUT2D eigenvalue weighted by molar-refractivity contribution is 0.208. The van der Waals surface area contributed by atoms with Crippen LogP contribution in [0, 0.1) is 0 Å². The summed E-state index contributed by atoms with van der Waals surface area (Å²) in [7, 11) is 4.65. The van der Waals surface area contributed by atoms with Crippen molar-refractivity contribution in [2.24, 2.45) is 0 Å². The molecule has 32 heavy (non-hydrogen) atoms. The third-order valence-corrected chi connectivity index (χ3v) is 6.71. The first-order chi connectivity index (χ1) is 15.6. The van der Waals surface area contributed by atoms with Crippen LogP contribution in [0.5, 0.6) is 17.2 Å². The average molecular weight is 457 g/mol. The molecule has 1 saturated heterocycles. The third kappa shape index (κ3) is 4.25. The molecule has 1 N–H and O–H groups in total. The first kappa shape index (κ1) is 22.0. The Hall–Kier alpha value is -3.20. The van der Waals surface area contributed by atoms with Crippen LogP contribution in [0.15, 0.2) is 30.3 Å². The maximum atomic E-state index is 12.9. The quantitative estimate of drug-likeness (QED) is 0.598. The van der Waals surface area contributed by atoms with Crippen molar-refractivity contribution in [1.82, 2.24) is 9.88 Å². The lowest BCUT2D eigenvalue weighted by Crippen LogP contribution is -2.50. The Labute approximate surface area is 191 Å². The zero-order chi connectivity index (χ0) is 22.7. The first-order valence-electron chi connectivity index (χ1n) is 10.6. The Bertz CT molecular complexity index is 1080. The van der Waals surface area contributed by atoms with E-state index < -0.39 is 0 Å². The van der Waals surface area contributed by atoms with Crippen molar-refractivity contribution in [1.29, 1.82) is 0 Å². The van der Waals surface area contributed by atoms with Crippen LogP contribution in [0.1, 0.15) is 12.5 Å². The van der Waals surface area contributed by atoms with E-state index in [-0.39, 0.29) is 6.03 Å². The van der Waals surface area contributed by atoms with Crippen molar-refractivity contribution < 1.29 is 19.0 Å². The molecule has 0 aliphatic carbocycles. The summed E-state index contributed by atoms with van der Waals surface area (Å²) in [4.78, 5) is 21.8. The minimum absolute atomic E-state index is 0.156. The van der Waals surface area contributed by atoms with Crippen molar-refractivity contribution in [3.8, 4) is 17.2 Å². The number of nitrogens with one attached hydrogen (secondary N) is 1. The number of hydrogen-bond donors (Lipinski definition) is 1. The fourth-order valence-electron chi connectivity index (χ4n) is 3.87. The summed E-state index contributed by atoms with van der Waals surface area (Å²) < 4.78 is 17.3. The van der Waals surface area contributed by atoms with Gasteiger partial charge in [-0.1, -0.05) is 30.4 Å². The summed E-state index contributed by atoms with van der Waals surface area (Å²) in [5, 5.41) is 3.96. The van der Waals surface area contributed by atoms with Gasteiger partial charge in [0.25, 0.3) is 0 Å². The van der Waals surface area contributed by atoms with E-state index in [2.05, 4.69) is 35.3 Å². The van der Waals surface area contributed by atoms with E-state index >= 15 is 0 Å². The molecule has 9 heteroatoms. The number of piperazine rings is 1. The van der Waals surface area contributed by atoms with E-state index in [9.17, 15) is 4.79 Å². The highest BCUT2D eigenvalue weighted by Gasteiger charge is 2.24. The predicted molar refractivity (Wildman–Crippen MR) is 128 cm³/mol. The van der Waals surface area contributed by atoms with E-state index in [1.807, 2.05) is 4.90 Å². The van der Waals surface area contributed by atoms with Crippen molar-refractivity contribution >= 4 is 38.4 Å². The smallest absolute Gasteiger partial charge is 0.321 e. The third-order valence-electron chi connectivity index (χ3n) is 5.63. The van der Waals surface area contributed by atoms with Gasteiger partial charge >= 0.3 is 6.03 Å². The fraction of sp³-hybridized carbons (Fsp3) is 0.391. The van der Waals surface area contributed by atoms with Crippen molar-refractivity contribution in [3.05, 3.63) is 35.9 Å². The number of carbonyl (C=O) groups excluding carboxylic acids is 1. The molecule has 0 bridgehead atoms. The van der Waals surface area contributed by atoms with Crippen molar-refractivity contribution in [2.45, 2.75) is 13.3 Å². The van der Waals surface area contributed by atoms with Crippen LogP contribution in [0.4, 0.5) is 15.6 Å². The van der Waals surface area contributed by atoms with Crippen molar-refractivity contribution in [3.63, 3.8) is 0 Å². The Morgan fingerprint density at radius 3 is 2.34 bits per heavy atom. The van der Waals surface area contributed by atoms with E-state index in [0.717, 1.165) is 30.2 Å². The van der Waals surface area contributed by atoms with Gasteiger partial charge in [-0.15, -0.1) is 0 Å². The first-order valence-corrected chi connectivity index (χ1v) is 11.4. The van der Waals surface area contributed by atoms with Crippen molar-refractivity contribution in [2.75, 3.05) is 57.7 Å². The summed E-state index contributed by atoms with van der Waals surface area (Å²) >= 11 is 1.71. The Balaban J connectivity index is 1.42. The van der Waals surface area contributed by atoms with Gasteiger partial charge < -0.3 is 29.3 Å². The number of ether oxygens (including phenoxy) is 3. The topological polar surface area (TPSA) is 76.2 Å². The monoisotopic (exact) mass is 456 g/mol. The molecule has 4 rings (SSSR count). The average Bonchev–Trinajstić information content (AvgIpc) is 3.28. The molecule has 0 unspecified atom stereocenters. The van der Waals surface area contributed by atoms with Gasteiger partial charge in [0.1, 0.15) is 0 Å². The molecule has 2 amide bonds. The molecule has 2 heterocycles. The van der Waals surface area contributed by atoms with Crippen LogP contribution in [0.2, 0.25) is 0 Å². The van der Waals surface area contributed by atoms with Gasteiger partial charge in [-0.3, -0.25) is 0 Å². The lowest BCUT2D eigenvalue weighted by atomic mass is 10.1. The maximum absolute atomic E-state index is 12.9. The van der Waals surface area contributed by atoms with E-state index in [0.29, 0.717) is 36.0 Å². The lowest BCUT2D eigenvalue weighted by Gasteiger charge is -2.34. The summed E-state index contributed by atoms with van der Waals surface area (Å²) in [6.07, 6.45) is 0.968. The van der Waals surface area contributed by atoms with Gasteiger partial charge in [0, 0.05) is 38.3 Å². The number of amides is 2. The Morgan fingerprint density at radius 2 is 1.75 bits per heavy atom. The van der Waals surface area contributed by atoms with Crippen LogP contribution in [0.3, 0.4) is 0 Å². The van der Waals surface area contributed by atoms with Gasteiger partial charge in [0.2, 0.25) is 5.75 Å². The summed E-state index contributed by atoms with van der Waals surface area (Å²) in [5.74, 6) is 1.48. The number of aryl methyl sites for hydroxylation is 1. The highest BCUT2D eigenvalue weighted by atomic mass is 32.1. The normalized spacial score (nSPS) is 13.9. The molecule has 0 saturated carbocycles. The largest absolute Gasteiger partial charge is 0.493 e. The van der Waals surface area contributed by atoms with Gasteiger partial charge in [-0.05, 0) is 18.1 Å². The molecule has 2 aromatic carbocycles. The van der Waals surface area contributed by atoms with Gasteiger partial charge in [0.05, 0.1) is 37.2 Å². The molecule has 0 radical (unpaired) electrons. The number of nitrogens with zero attached hydrogens (tertiary/aromatic N) is 3. The van der Waals surface area contributed by atoms with E-state index in [1.165, 1.54) is 10.3 Å². The molecule has 170 valence electrons. The maximum Gasteiger partial charge on any atom is 0.321 e. The molecular formula is C23H28N4O4S. The summed E-state index contributed by atoms with van der Waals surface area (Å²) in [6.45, 7) is 4.87. The second kappa shape index (κ2) is 9.52. The van der Waals surface area contributed by atoms with Crippen LogP contribution >= 0.6 is 11.3 Å². The zero-order valence-electron chi connectivity index (χ0n) is 18.8. The highest BCUT2D eigenvalue weighted by Crippen LogP contribution is 2.40. The minimum Gasteiger partial charge on any atom is -0.493 e. The van der Waals surface area contributed by atoms with Crippen LogP contribution in [-0.4, -0.2) is 63.4 Å². The van der Waals surface area contributed by atoms with E-state index in [4.69, 9.17) is 19.2 Å². The van der Waals surface area contributed by atoms with Gasteiger partial charge in [0.15, 0.2) is 16.6 Å². The molecule has 1 aromatic heterocycles. The second-order valence-corrected chi connectivity index (χ2v) is 8.44. The number of rotatable bonds is 6. The fourth-order valence-corrected chi connectivity index (χ4v) is 4.94. The summed E-state index contributed by atoms with van der Waals surface area (Å²) in [6, 6.07) is 9.64. The molecule has 8 nitrogen and oxygen atoms in total. The molecule has 0 spiro atoms. The number of methoxy groups -OCH3 is 3. The molecular weight excluding hydrogens is 428 g/mol. The second-order valence-electron chi connectivity index (χ2n) is 7.43. The van der Waals surface area contributed by atoms with Gasteiger partial charge in [-0.25, -0.2) is 9.78 Å². The summed E-state index contributed by atoms with van der Waals surface area (Å²) in [5.41, 5.74) is 2.95. The number of aromatic nitrogens is 1. The number of fused-ring (bicyclic) bond motifs is 1. The van der Waals surface area contributed by atoms with Crippen LogP contribution < -0.4 is 24.4 Å². The number of anilines is 2. The number of para-hydroxylation sites is 1. The van der Waals surface area contributed by atoms with Crippen LogP contribution in [0.25, 0.3) is 10.2 Å². The minimum atomic E-state index is -0.156. The Kier molecular flexibility index (Phi) is 6.55. The SMILES string of the molecule is CCc1cccc2sc(N3CCN(C(=O)Nc4cc(OC)c(OC)c(OC)c4)CC3)nc12. The number of thiazole rings is 1. The standard InChI is InChI=1S/C23H28N4O4S/c1-5-15-7-6-8-19-20(15)25-23(32-19)27-11-9-26(10-12-27)22(28)24-16-13-17(29-2)21(31-4)18(14-16)30-3/h6-8,13-14H,5,9-12H2,1-4H3,(H,24,28). The highest BCUT2D eigenvalue weighted by molar-refractivity contribution is 7.22. The number of urea groups is 1. The Morgan fingerprint density at radius 1 is 1.06 bits per heavy atom. The predicted octanol–water partition coefficient (Wildman–Crippen LogP) is 4.24. The number of carbonyl (C=O) groups is 1. The van der Waals surface area contributed by atoms with E-state index in [1.54, 1.807) is 44.8 Å². The molecule has 1 fully saturated rings. The number of hydrogen-bond acceptors (Lipinski definition) is 7. The van der Waals surface area contributed by atoms with Gasteiger partial charge in [-0.2, -0.15) is 0 Å². The number of benzene rings is 2. The molecule has 3 aromatic rings. The molecule has 1 aliphatic rings. The molecule has 1 aliphatic heterocycles. The zero-order valence-corrected chi connectivity index (χ0v) is 19.6. The van der Waals surface area contributed by atoms with Crippen LogP contribution in [-0.2, 0) is 6.42 Å².